The first-order valence-corrected chi connectivity index (χ1v) is 8.02. The summed E-state index contributed by atoms with van der Waals surface area (Å²) in [6.07, 6.45) is 3.46. The second-order valence-corrected chi connectivity index (χ2v) is 6.14. The molecule has 2 aliphatic rings. The summed E-state index contributed by atoms with van der Waals surface area (Å²) in [6, 6.07) is 0.502. The quantitative estimate of drug-likeness (QED) is 0.800. The number of amides is 2. The van der Waals surface area contributed by atoms with Gasteiger partial charge in [0.15, 0.2) is 0 Å². The maximum Gasteiger partial charge on any atom is 0.236 e. The van der Waals surface area contributed by atoms with Crippen LogP contribution in [0, 0.1) is 0 Å². The molecule has 0 bridgehead atoms. The van der Waals surface area contributed by atoms with E-state index in [4.69, 9.17) is 0 Å². The fourth-order valence-corrected chi connectivity index (χ4v) is 3.15. The molecule has 0 saturated carbocycles. The number of halogens is 1. The Labute approximate surface area is 139 Å². The van der Waals surface area contributed by atoms with Crippen LogP contribution < -0.4 is 5.32 Å². The van der Waals surface area contributed by atoms with Gasteiger partial charge in [-0.1, -0.05) is 0 Å². The second kappa shape index (κ2) is 9.33. The Morgan fingerprint density at radius 2 is 1.73 bits per heavy atom. The fraction of sp³-hybridized carbons (Fsp3) is 0.867. The van der Waals surface area contributed by atoms with Crippen molar-refractivity contribution in [1.82, 2.24) is 20.0 Å². The lowest BCUT2D eigenvalue weighted by Gasteiger charge is -2.36. The first-order valence-electron chi connectivity index (χ1n) is 8.02. The third kappa shape index (κ3) is 5.41. The van der Waals surface area contributed by atoms with Crippen LogP contribution in [0.4, 0.5) is 0 Å². The largest absolute Gasteiger partial charge is 0.339 e. The summed E-state index contributed by atoms with van der Waals surface area (Å²) in [7, 11) is 2.06. The monoisotopic (exact) mass is 332 g/mol. The van der Waals surface area contributed by atoms with Gasteiger partial charge in [-0.2, -0.15) is 0 Å². The average Bonchev–Trinajstić information content (AvgIpc) is 2.76. The highest BCUT2D eigenvalue weighted by atomic mass is 35.5. The molecule has 1 atom stereocenters. The minimum atomic E-state index is 0. The molecule has 2 rings (SSSR count). The second-order valence-electron chi connectivity index (χ2n) is 6.14. The van der Waals surface area contributed by atoms with Crippen LogP contribution in [0.3, 0.4) is 0 Å². The highest BCUT2D eigenvalue weighted by molar-refractivity contribution is 5.85. The Bertz CT molecular complexity index is 365. The SMILES string of the molecule is CC(=O)N1CCN(C(=O)CN(C)C2CCCNCC2)CC1.Cl. The van der Waals surface area contributed by atoms with Crippen LogP contribution >= 0.6 is 12.4 Å². The molecule has 2 heterocycles. The van der Waals surface area contributed by atoms with E-state index in [1.54, 1.807) is 6.92 Å². The summed E-state index contributed by atoms with van der Waals surface area (Å²) in [4.78, 5) is 29.6. The van der Waals surface area contributed by atoms with E-state index in [9.17, 15) is 9.59 Å². The molecule has 2 saturated heterocycles. The Hall–Kier alpha value is -0.850. The zero-order valence-electron chi connectivity index (χ0n) is 13.7. The fourth-order valence-electron chi connectivity index (χ4n) is 3.15. The van der Waals surface area contributed by atoms with E-state index in [0.29, 0.717) is 38.8 Å². The molecule has 22 heavy (non-hydrogen) atoms. The minimum Gasteiger partial charge on any atom is -0.339 e. The standard InChI is InChI=1S/C15H28N4O2.ClH/c1-13(20)18-8-10-19(11-9-18)15(21)12-17(2)14-4-3-6-16-7-5-14;/h14,16H,3-12H2,1-2H3;1H. The summed E-state index contributed by atoms with van der Waals surface area (Å²) >= 11 is 0. The molecule has 1 unspecified atom stereocenters. The molecule has 0 radical (unpaired) electrons. The summed E-state index contributed by atoms with van der Waals surface area (Å²) in [5.41, 5.74) is 0. The van der Waals surface area contributed by atoms with Gasteiger partial charge in [0, 0.05) is 39.1 Å². The van der Waals surface area contributed by atoms with Crippen LogP contribution in [0.25, 0.3) is 0 Å². The molecular weight excluding hydrogens is 304 g/mol. The molecule has 1 N–H and O–H groups in total. The van der Waals surface area contributed by atoms with Crippen LogP contribution in [0.5, 0.6) is 0 Å². The van der Waals surface area contributed by atoms with Crippen molar-refractivity contribution < 1.29 is 9.59 Å². The topological polar surface area (TPSA) is 55.9 Å². The number of hydrogen-bond donors (Lipinski definition) is 1. The van der Waals surface area contributed by atoms with Crippen LogP contribution in [0.2, 0.25) is 0 Å². The Kier molecular flexibility index (Phi) is 8.14. The highest BCUT2D eigenvalue weighted by Gasteiger charge is 2.25. The molecule has 0 aromatic carbocycles. The molecule has 0 aromatic heterocycles. The van der Waals surface area contributed by atoms with E-state index >= 15 is 0 Å². The summed E-state index contributed by atoms with van der Waals surface area (Å²) in [6.45, 7) is 6.87. The summed E-state index contributed by atoms with van der Waals surface area (Å²) in [5, 5.41) is 3.40. The Morgan fingerprint density at radius 1 is 1.09 bits per heavy atom. The Morgan fingerprint density at radius 3 is 2.36 bits per heavy atom. The molecule has 2 aliphatic heterocycles. The van der Waals surface area contributed by atoms with Crippen LogP contribution in [-0.4, -0.2) is 85.4 Å². The van der Waals surface area contributed by atoms with Gasteiger partial charge in [0.25, 0.3) is 0 Å². The van der Waals surface area contributed by atoms with Gasteiger partial charge in [-0.3, -0.25) is 14.5 Å². The summed E-state index contributed by atoms with van der Waals surface area (Å²) < 4.78 is 0. The number of rotatable bonds is 3. The van der Waals surface area contributed by atoms with Gasteiger partial charge in [-0.05, 0) is 39.4 Å². The van der Waals surface area contributed by atoms with Crippen molar-refractivity contribution in [3.63, 3.8) is 0 Å². The van der Waals surface area contributed by atoms with E-state index in [-0.39, 0.29) is 24.2 Å². The average molecular weight is 333 g/mol. The first-order chi connectivity index (χ1) is 10.1. The van der Waals surface area contributed by atoms with Crippen molar-refractivity contribution in [2.24, 2.45) is 0 Å². The third-order valence-corrected chi connectivity index (χ3v) is 4.63. The number of piperazine rings is 1. The number of nitrogens with zero attached hydrogens (tertiary/aromatic N) is 3. The minimum absolute atomic E-state index is 0. The lowest BCUT2D eigenvalue weighted by molar-refractivity contribution is -0.139. The van der Waals surface area contributed by atoms with Crippen LogP contribution in [0.15, 0.2) is 0 Å². The van der Waals surface area contributed by atoms with Crippen molar-refractivity contribution >= 4 is 24.2 Å². The van der Waals surface area contributed by atoms with Crippen molar-refractivity contribution in [3.05, 3.63) is 0 Å². The normalized spacial score (nSPS) is 23.0. The van der Waals surface area contributed by atoms with Crippen molar-refractivity contribution in [2.45, 2.75) is 32.2 Å². The van der Waals surface area contributed by atoms with Crippen molar-refractivity contribution in [1.29, 1.82) is 0 Å². The molecule has 0 aromatic rings. The van der Waals surface area contributed by atoms with Gasteiger partial charge < -0.3 is 15.1 Å². The van der Waals surface area contributed by atoms with E-state index in [1.807, 2.05) is 9.80 Å². The lowest BCUT2D eigenvalue weighted by atomic mass is 10.1. The number of carbonyl (C=O) groups is 2. The number of nitrogens with one attached hydrogen (secondary N) is 1. The zero-order chi connectivity index (χ0) is 15.2. The molecule has 0 spiro atoms. The Balaban J connectivity index is 0.00000242. The van der Waals surface area contributed by atoms with E-state index < -0.39 is 0 Å². The molecule has 7 heteroatoms. The molecule has 2 amide bonds. The smallest absolute Gasteiger partial charge is 0.236 e. The van der Waals surface area contributed by atoms with Gasteiger partial charge in [0.05, 0.1) is 6.54 Å². The van der Waals surface area contributed by atoms with E-state index in [1.165, 1.54) is 6.42 Å². The van der Waals surface area contributed by atoms with Crippen molar-refractivity contribution in [2.75, 3.05) is 52.9 Å². The van der Waals surface area contributed by atoms with Crippen molar-refractivity contribution in [3.8, 4) is 0 Å². The number of likely N-dealkylation sites (N-methyl/N-ethyl adjacent to an activating group) is 1. The predicted molar refractivity (Wildman–Crippen MR) is 89.2 cm³/mol. The lowest BCUT2D eigenvalue weighted by Crippen LogP contribution is -2.52. The van der Waals surface area contributed by atoms with Gasteiger partial charge >= 0.3 is 0 Å². The third-order valence-electron chi connectivity index (χ3n) is 4.63. The molecule has 6 nitrogen and oxygen atoms in total. The molecule has 2 fully saturated rings. The predicted octanol–water partition coefficient (Wildman–Crippen LogP) is 0.173. The number of hydrogen-bond acceptors (Lipinski definition) is 4. The van der Waals surface area contributed by atoms with Gasteiger partial charge in [0.2, 0.25) is 11.8 Å². The molecular formula is C15H29ClN4O2. The maximum atomic E-state index is 12.4. The number of carbonyl (C=O) groups excluding carboxylic acids is 2. The maximum absolute atomic E-state index is 12.4. The summed E-state index contributed by atoms with van der Waals surface area (Å²) in [5.74, 6) is 0.295. The first kappa shape index (κ1) is 19.2. The molecule has 0 aliphatic carbocycles. The van der Waals surface area contributed by atoms with E-state index in [0.717, 1.165) is 25.9 Å². The van der Waals surface area contributed by atoms with Gasteiger partial charge in [-0.15, -0.1) is 12.4 Å². The van der Waals surface area contributed by atoms with Gasteiger partial charge in [-0.25, -0.2) is 0 Å². The zero-order valence-corrected chi connectivity index (χ0v) is 14.5. The van der Waals surface area contributed by atoms with E-state index in [2.05, 4.69) is 17.3 Å². The van der Waals surface area contributed by atoms with Gasteiger partial charge in [0.1, 0.15) is 0 Å². The molecule has 128 valence electrons. The highest BCUT2D eigenvalue weighted by Crippen LogP contribution is 2.12. The van der Waals surface area contributed by atoms with Crippen LogP contribution in [0.1, 0.15) is 26.2 Å². The van der Waals surface area contributed by atoms with Crippen LogP contribution in [-0.2, 0) is 9.59 Å².